The average molecular weight is 341 g/mol. The third-order valence-corrected chi connectivity index (χ3v) is 3.07. The number of aliphatic carboxylic acids is 1. The van der Waals surface area contributed by atoms with E-state index in [1.165, 1.54) is 6.07 Å². The van der Waals surface area contributed by atoms with Crippen LogP contribution in [0.1, 0.15) is 5.56 Å². The fraction of sp³-hybridized carbons (Fsp3) is 0.267. The van der Waals surface area contributed by atoms with Crippen LogP contribution in [0.2, 0.25) is 5.02 Å². The molecule has 1 rings (SSSR count). The van der Waals surface area contributed by atoms with Crippen LogP contribution in [0.15, 0.2) is 30.9 Å². The molecule has 0 fully saturated rings. The number of halogens is 1. The van der Waals surface area contributed by atoms with Crippen molar-refractivity contribution in [1.82, 2.24) is 4.90 Å². The van der Waals surface area contributed by atoms with E-state index < -0.39 is 30.9 Å². The summed E-state index contributed by atoms with van der Waals surface area (Å²) in [6.07, 6.45) is 1.39. The van der Waals surface area contributed by atoms with Crippen molar-refractivity contribution in [2.45, 2.75) is 6.42 Å². The quantitative estimate of drug-likeness (QED) is 0.679. The van der Waals surface area contributed by atoms with Gasteiger partial charge in [-0.1, -0.05) is 30.3 Å². The van der Waals surface area contributed by atoms with Crippen molar-refractivity contribution in [3.63, 3.8) is 0 Å². The van der Waals surface area contributed by atoms with Gasteiger partial charge in [-0.25, -0.2) is 0 Å². The van der Waals surface area contributed by atoms with Gasteiger partial charge < -0.3 is 15.6 Å². The Morgan fingerprint density at radius 1 is 1.35 bits per heavy atom. The summed E-state index contributed by atoms with van der Waals surface area (Å²) in [7, 11) is 0. The van der Waals surface area contributed by atoms with Crippen LogP contribution in [-0.4, -0.2) is 47.5 Å². The molecule has 8 heteroatoms. The van der Waals surface area contributed by atoms with Gasteiger partial charge in [0.1, 0.15) is 18.9 Å². The topological polar surface area (TPSA) is 110 Å². The Bertz CT molecular complexity index is 618. The van der Waals surface area contributed by atoms with E-state index in [0.717, 1.165) is 0 Å². The first kappa shape index (κ1) is 18.7. The first-order valence-corrected chi connectivity index (χ1v) is 7.04. The van der Waals surface area contributed by atoms with Crippen molar-refractivity contribution in [3.8, 4) is 5.75 Å². The van der Waals surface area contributed by atoms with Crippen molar-refractivity contribution >= 4 is 29.4 Å². The highest BCUT2D eigenvalue weighted by Crippen LogP contribution is 2.25. The molecule has 0 spiro atoms. The molecule has 23 heavy (non-hydrogen) atoms. The van der Waals surface area contributed by atoms with E-state index in [0.29, 0.717) is 21.2 Å². The highest BCUT2D eigenvalue weighted by molar-refractivity contribution is 6.32. The summed E-state index contributed by atoms with van der Waals surface area (Å²) in [5.74, 6) is -2.29. The normalized spacial score (nSPS) is 10.0. The molecule has 0 aromatic heterocycles. The third kappa shape index (κ3) is 5.72. The minimum absolute atomic E-state index is 0.180. The molecule has 0 saturated heterocycles. The van der Waals surface area contributed by atoms with E-state index in [1.54, 1.807) is 18.2 Å². The number of benzene rings is 1. The van der Waals surface area contributed by atoms with Gasteiger partial charge in [0, 0.05) is 0 Å². The van der Waals surface area contributed by atoms with Crippen LogP contribution in [0.25, 0.3) is 0 Å². The minimum atomic E-state index is -1.30. The summed E-state index contributed by atoms with van der Waals surface area (Å²) in [5, 5.41) is 9.07. The average Bonchev–Trinajstić information content (AvgIpc) is 2.50. The molecule has 1 aromatic rings. The largest absolute Gasteiger partial charge is 0.488 e. The maximum absolute atomic E-state index is 12.1. The highest BCUT2D eigenvalue weighted by Gasteiger charge is 2.23. The third-order valence-electron chi connectivity index (χ3n) is 2.78. The fourth-order valence-corrected chi connectivity index (χ4v) is 2.01. The smallest absolute Gasteiger partial charge is 0.323 e. The van der Waals surface area contributed by atoms with Crippen LogP contribution in [0.5, 0.6) is 5.75 Å². The zero-order chi connectivity index (χ0) is 17.4. The fourth-order valence-electron chi connectivity index (χ4n) is 1.75. The summed E-state index contributed by atoms with van der Waals surface area (Å²) >= 11 is 6.04. The molecule has 7 nitrogen and oxygen atoms in total. The van der Waals surface area contributed by atoms with Gasteiger partial charge in [-0.3, -0.25) is 19.3 Å². The second-order valence-corrected chi connectivity index (χ2v) is 4.92. The number of imide groups is 1. The van der Waals surface area contributed by atoms with Crippen molar-refractivity contribution in [3.05, 3.63) is 41.4 Å². The van der Waals surface area contributed by atoms with Crippen LogP contribution >= 0.6 is 11.6 Å². The molecule has 0 aliphatic carbocycles. The van der Waals surface area contributed by atoms with Crippen LogP contribution in [-0.2, 0) is 20.8 Å². The monoisotopic (exact) mass is 340 g/mol. The van der Waals surface area contributed by atoms with Gasteiger partial charge in [0.2, 0.25) is 11.8 Å². The lowest BCUT2D eigenvalue weighted by molar-refractivity contribution is -0.151. The molecule has 0 aliphatic heterocycles. The second-order valence-electron chi connectivity index (χ2n) is 4.51. The molecule has 124 valence electrons. The Hall–Kier alpha value is -2.38. The van der Waals surface area contributed by atoms with Crippen molar-refractivity contribution in [2.24, 2.45) is 5.73 Å². The Morgan fingerprint density at radius 3 is 2.57 bits per heavy atom. The van der Waals surface area contributed by atoms with E-state index in [2.05, 4.69) is 6.58 Å². The molecule has 0 atom stereocenters. The zero-order valence-corrected chi connectivity index (χ0v) is 13.1. The summed E-state index contributed by atoms with van der Waals surface area (Å²) in [6, 6.07) is 4.71. The number of nitrogens with two attached hydrogens (primary N) is 1. The Labute approximate surface area is 138 Å². The summed E-state index contributed by atoms with van der Waals surface area (Å²) in [4.78, 5) is 35.1. The van der Waals surface area contributed by atoms with Gasteiger partial charge >= 0.3 is 5.97 Å². The lowest BCUT2D eigenvalue weighted by Gasteiger charge is -2.18. The molecular weight excluding hydrogens is 324 g/mol. The number of carbonyl (C=O) groups excluding carboxylic acids is 2. The van der Waals surface area contributed by atoms with Crippen LogP contribution in [0.4, 0.5) is 0 Å². The Morgan fingerprint density at radius 2 is 2.04 bits per heavy atom. The standard InChI is InChI=1S/C15H17ClN2O5/c1-2-5-23-12-4-3-10(6-11(12)16)7-13(19)18(9-15(21)22)14(20)8-17/h2-4,6H,1,5,7-9,17H2,(H,21,22). The van der Waals surface area contributed by atoms with E-state index in [-0.39, 0.29) is 13.0 Å². The number of carbonyl (C=O) groups is 3. The van der Waals surface area contributed by atoms with E-state index >= 15 is 0 Å². The number of carboxylic acids is 1. The molecule has 0 heterocycles. The minimum Gasteiger partial charge on any atom is -0.488 e. The molecule has 0 aliphatic rings. The number of nitrogens with zero attached hydrogens (tertiary/aromatic N) is 1. The van der Waals surface area contributed by atoms with Crippen molar-refractivity contribution < 1.29 is 24.2 Å². The van der Waals surface area contributed by atoms with Crippen LogP contribution in [0.3, 0.4) is 0 Å². The van der Waals surface area contributed by atoms with Crippen molar-refractivity contribution in [1.29, 1.82) is 0 Å². The number of hydrogen-bond acceptors (Lipinski definition) is 5. The predicted molar refractivity (Wildman–Crippen MR) is 84.3 cm³/mol. The SMILES string of the molecule is C=CCOc1ccc(CC(=O)N(CC(=O)O)C(=O)CN)cc1Cl. The molecule has 1 aromatic carbocycles. The van der Waals surface area contributed by atoms with Gasteiger partial charge in [-0.05, 0) is 17.7 Å². The summed E-state index contributed by atoms with van der Waals surface area (Å²) in [5.41, 5.74) is 5.71. The molecule has 3 N–H and O–H groups in total. The first-order chi connectivity index (χ1) is 10.9. The molecule has 0 bridgehead atoms. The number of carboxylic acid groups (broad SMARTS) is 1. The van der Waals surface area contributed by atoms with E-state index in [4.69, 9.17) is 27.2 Å². The summed E-state index contributed by atoms with van der Waals surface area (Å²) in [6.45, 7) is 2.63. The lowest BCUT2D eigenvalue weighted by Crippen LogP contribution is -2.44. The van der Waals surface area contributed by atoms with E-state index in [1.807, 2.05) is 0 Å². The molecule has 0 radical (unpaired) electrons. The summed E-state index contributed by atoms with van der Waals surface area (Å²) < 4.78 is 5.31. The number of amides is 2. The molecular formula is C15H17ClN2O5. The van der Waals surface area contributed by atoms with Gasteiger partial charge in [0.25, 0.3) is 0 Å². The number of hydrogen-bond donors (Lipinski definition) is 2. The molecule has 0 unspecified atom stereocenters. The maximum atomic E-state index is 12.1. The van der Waals surface area contributed by atoms with Gasteiger partial charge in [-0.2, -0.15) is 0 Å². The maximum Gasteiger partial charge on any atom is 0.323 e. The predicted octanol–water partition coefficient (Wildman–Crippen LogP) is 0.846. The van der Waals surface area contributed by atoms with E-state index in [9.17, 15) is 14.4 Å². The number of rotatable bonds is 8. The van der Waals surface area contributed by atoms with Gasteiger partial charge in [0.05, 0.1) is 18.0 Å². The van der Waals surface area contributed by atoms with Crippen LogP contribution < -0.4 is 10.5 Å². The zero-order valence-electron chi connectivity index (χ0n) is 12.3. The van der Waals surface area contributed by atoms with Crippen molar-refractivity contribution in [2.75, 3.05) is 19.7 Å². The van der Waals surface area contributed by atoms with Crippen LogP contribution in [0, 0.1) is 0 Å². The van der Waals surface area contributed by atoms with Gasteiger partial charge in [-0.15, -0.1) is 0 Å². The number of ether oxygens (including phenoxy) is 1. The van der Waals surface area contributed by atoms with Gasteiger partial charge in [0.15, 0.2) is 0 Å². The highest BCUT2D eigenvalue weighted by atomic mass is 35.5. The Balaban J connectivity index is 2.85. The molecule has 2 amide bonds. The second kappa shape index (κ2) is 8.92. The molecule has 0 saturated carbocycles. The lowest BCUT2D eigenvalue weighted by atomic mass is 10.1. The Kier molecular flexibility index (Phi) is 7.24. The first-order valence-electron chi connectivity index (χ1n) is 6.66.